The molecule has 0 bridgehead atoms. The van der Waals surface area contributed by atoms with Gasteiger partial charge in [0.05, 0.1) is 18.2 Å². The maximum Gasteiger partial charge on any atom is 0.262 e. The summed E-state index contributed by atoms with van der Waals surface area (Å²) in [5.41, 5.74) is 2.26. The highest BCUT2D eigenvalue weighted by Gasteiger charge is 2.20. The van der Waals surface area contributed by atoms with Crippen LogP contribution in [0, 0.1) is 6.92 Å². The standard InChI is InChI=1S/C21H23ClN2O2S/c1-13-5-10-16-18(11-13)27-20(19(16)22)21(25)23-12-17(24(2)3)14-6-8-15(26-4)9-7-14/h5-11,17H,12H2,1-4H3,(H,23,25)/t17-/m1/s1. The van der Waals surface area contributed by atoms with Gasteiger partial charge in [0.2, 0.25) is 0 Å². The lowest BCUT2D eigenvalue weighted by Crippen LogP contribution is -2.34. The number of likely N-dealkylation sites (N-methyl/N-ethyl adjacent to an activating group) is 1. The SMILES string of the molecule is COc1ccc([C@@H](CNC(=O)c2sc3cc(C)ccc3c2Cl)N(C)C)cc1. The van der Waals surface area contributed by atoms with Crippen LogP contribution in [-0.4, -0.2) is 38.6 Å². The number of amides is 1. The van der Waals surface area contributed by atoms with E-state index >= 15 is 0 Å². The molecule has 1 aromatic heterocycles. The molecule has 0 aliphatic heterocycles. The third kappa shape index (κ3) is 4.26. The largest absolute Gasteiger partial charge is 0.497 e. The smallest absolute Gasteiger partial charge is 0.262 e. The minimum absolute atomic E-state index is 0.0512. The van der Waals surface area contributed by atoms with Crippen molar-refractivity contribution < 1.29 is 9.53 Å². The van der Waals surface area contributed by atoms with Crippen LogP contribution in [-0.2, 0) is 0 Å². The van der Waals surface area contributed by atoms with Crippen molar-refractivity contribution in [1.82, 2.24) is 10.2 Å². The molecule has 0 unspecified atom stereocenters. The Hall–Kier alpha value is -2.08. The Morgan fingerprint density at radius 3 is 2.56 bits per heavy atom. The number of halogens is 1. The first kappa shape index (κ1) is 19.7. The second-order valence-corrected chi connectivity index (χ2v) is 8.14. The Morgan fingerprint density at radius 1 is 1.22 bits per heavy atom. The van der Waals surface area contributed by atoms with E-state index in [2.05, 4.69) is 16.3 Å². The summed E-state index contributed by atoms with van der Waals surface area (Å²) in [6.07, 6.45) is 0. The highest BCUT2D eigenvalue weighted by molar-refractivity contribution is 7.21. The zero-order chi connectivity index (χ0) is 19.6. The molecule has 1 N–H and O–H groups in total. The molecular formula is C21H23ClN2O2S. The number of benzene rings is 2. The Balaban J connectivity index is 1.77. The molecule has 0 aliphatic carbocycles. The molecule has 0 saturated carbocycles. The third-order valence-electron chi connectivity index (χ3n) is 4.57. The molecule has 0 radical (unpaired) electrons. The van der Waals surface area contributed by atoms with E-state index in [0.29, 0.717) is 16.4 Å². The first-order valence-corrected chi connectivity index (χ1v) is 9.87. The zero-order valence-corrected chi connectivity index (χ0v) is 17.4. The average molecular weight is 403 g/mol. The van der Waals surface area contributed by atoms with Gasteiger partial charge in [-0.15, -0.1) is 11.3 Å². The lowest BCUT2D eigenvalue weighted by molar-refractivity contribution is 0.0946. The van der Waals surface area contributed by atoms with E-state index in [-0.39, 0.29) is 11.9 Å². The third-order valence-corrected chi connectivity index (χ3v) is 6.23. The van der Waals surface area contributed by atoms with Gasteiger partial charge in [-0.05, 0) is 50.3 Å². The van der Waals surface area contributed by atoms with Crippen LogP contribution in [0.25, 0.3) is 10.1 Å². The van der Waals surface area contributed by atoms with Gasteiger partial charge in [-0.2, -0.15) is 0 Å². The van der Waals surface area contributed by atoms with Gasteiger partial charge in [0, 0.05) is 16.6 Å². The molecule has 0 aliphatic rings. The van der Waals surface area contributed by atoms with Gasteiger partial charge in [-0.25, -0.2) is 0 Å². The molecule has 27 heavy (non-hydrogen) atoms. The molecule has 3 rings (SSSR count). The fourth-order valence-electron chi connectivity index (χ4n) is 3.01. The molecule has 0 fully saturated rings. The summed E-state index contributed by atoms with van der Waals surface area (Å²) >= 11 is 7.89. The second-order valence-electron chi connectivity index (χ2n) is 6.71. The molecule has 4 nitrogen and oxygen atoms in total. The quantitative estimate of drug-likeness (QED) is 0.637. The first-order chi connectivity index (χ1) is 12.9. The number of nitrogens with one attached hydrogen (secondary N) is 1. The van der Waals surface area contributed by atoms with Crippen molar-refractivity contribution in [2.24, 2.45) is 0 Å². The van der Waals surface area contributed by atoms with Crippen LogP contribution in [0.1, 0.15) is 26.8 Å². The zero-order valence-electron chi connectivity index (χ0n) is 15.9. The fraction of sp³-hybridized carbons (Fsp3) is 0.286. The number of ether oxygens (including phenoxy) is 1. The van der Waals surface area contributed by atoms with Gasteiger partial charge in [0.25, 0.3) is 5.91 Å². The molecule has 0 saturated heterocycles. The van der Waals surface area contributed by atoms with E-state index in [1.165, 1.54) is 11.3 Å². The van der Waals surface area contributed by atoms with Gasteiger partial charge in [-0.3, -0.25) is 4.79 Å². The van der Waals surface area contributed by atoms with Gasteiger partial charge in [0.15, 0.2) is 0 Å². The summed E-state index contributed by atoms with van der Waals surface area (Å²) in [7, 11) is 5.64. The maximum atomic E-state index is 12.8. The number of methoxy groups -OCH3 is 1. The van der Waals surface area contributed by atoms with Crippen molar-refractivity contribution in [3.8, 4) is 5.75 Å². The minimum Gasteiger partial charge on any atom is -0.497 e. The molecule has 1 amide bonds. The summed E-state index contributed by atoms with van der Waals surface area (Å²) in [6, 6.07) is 14.0. The number of carbonyl (C=O) groups excluding carboxylic acids is 1. The van der Waals surface area contributed by atoms with Crippen LogP contribution in [0.3, 0.4) is 0 Å². The summed E-state index contributed by atoms with van der Waals surface area (Å²) < 4.78 is 6.25. The molecule has 142 valence electrons. The van der Waals surface area contributed by atoms with Crippen LogP contribution in [0.4, 0.5) is 0 Å². The molecular weight excluding hydrogens is 380 g/mol. The topological polar surface area (TPSA) is 41.6 Å². The number of nitrogens with zero attached hydrogens (tertiary/aromatic N) is 1. The molecule has 6 heteroatoms. The molecule has 2 aromatic carbocycles. The highest BCUT2D eigenvalue weighted by Crippen LogP contribution is 2.35. The summed E-state index contributed by atoms with van der Waals surface area (Å²) in [4.78, 5) is 15.4. The van der Waals surface area contributed by atoms with Crippen LogP contribution >= 0.6 is 22.9 Å². The minimum atomic E-state index is -0.140. The number of hydrogen-bond acceptors (Lipinski definition) is 4. The van der Waals surface area contributed by atoms with E-state index in [0.717, 1.165) is 27.0 Å². The van der Waals surface area contributed by atoms with E-state index in [1.54, 1.807) is 7.11 Å². The van der Waals surface area contributed by atoms with Crippen molar-refractivity contribution in [2.75, 3.05) is 27.7 Å². The number of carbonyl (C=O) groups is 1. The maximum absolute atomic E-state index is 12.8. The van der Waals surface area contributed by atoms with Crippen LogP contribution in [0.2, 0.25) is 5.02 Å². The Kier molecular flexibility index (Phi) is 6.05. The van der Waals surface area contributed by atoms with Gasteiger partial charge >= 0.3 is 0 Å². The van der Waals surface area contributed by atoms with Gasteiger partial charge in [-0.1, -0.05) is 35.9 Å². The Morgan fingerprint density at radius 2 is 1.93 bits per heavy atom. The van der Waals surface area contributed by atoms with E-state index < -0.39 is 0 Å². The summed E-state index contributed by atoms with van der Waals surface area (Å²) in [6.45, 7) is 2.52. The van der Waals surface area contributed by atoms with Crippen molar-refractivity contribution in [3.05, 3.63) is 63.5 Å². The molecule has 3 aromatic rings. The van der Waals surface area contributed by atoms with Gasteiger partial charge < -0.3 is 15.0 Å². The average Bonchev–Trinajstić information content (AvgIpc) is 2.98. The number of fused-ring (bicyclic) bond motifs is 1. The first-order valence-electron chi connectivity index (χ1n) is 8.68. The van der Waals surface area contributed by atoms with E-state index in [9.17, 15) is 4.79 Å². The lowest BCUT2D eigenvalue weighted by atomic mass is 10.1. The van der Waals surface area contributed by atoms with Gasteiger partial charge in [0.1, 0.15) is 10.6 Å². The molecule has 1 atom stereocenters. The Bertz CT molecular complexity index is 951. The highest BCUT2D eigenvalue weighted by atomic mass is 35.5. The summed E-state index contributed by atoms with van der Waals surface area (Å²) in [5, 5.41) is 4.49. The molecule has 1 heterocycles. The van der Waals surface area contributed by atoms with Crippen molar-refractivity contribution >= 4 is 38.9 Å². The predicted molar refractivity (Wildman–Crippen MR) is 113 cm³/mol. The van der Waals surface area contributed by atoms with E-state index in [1.807, 2.05) is 57.4 Å². The normalized spacial score (nSPS) is 12.4. The Labute approximate surface area is 168 Å². The number of thiophene rings is 1. The summed E-state index contributed by atoms with van der Waals surface area (Å²) in [5.74, 6) is 0.673. The monoisotopic (exact) mass is 402 g/mol. The van der Waals surface area contributed by atoms with Crippen LogP contribution in [0.15, 0.2) is 42.5 Å². The van der Waals surface area contributed by atoms with Crippen LogP contribution < -0.4 is 10.1 Å². The van der Waals surface area contributed by atoms with Crippen molar-refractivity contribution in [3.63, 3.8) is 0 Å². The fourth-order valence-corrected chi connectivity index (χ4v) is 4.54. The predicted octanol–water partition coefficient (Wildman–Crippen LogP) is 4.90. The van der Waals surface area contributed by atoms with Crippen LogP contribution in [0.5, 0.6) is 5.75 Å². The van der Waals surface area contributed by atoms with E-state index in [4.69, 9.17) is 16.3 Å². The van der Waals surface area contributed by atoms with Crippen molar-refractivity contribution in [2.45, 2.75) is 13.0 Å². The van der Waals surface area contributed by atoms with Crippen molar-refractivity contribution in [1.29, 1.82) is 0 Å². The second kappa shape index (κ2) is 8.30. The number of rotatable bonds is 6. The molecule has 0 spiro atoms. The number of aryl methyl sites for hydroxylation is 1. The lowest BCUT2D eigenvalue weighted by Gasteiger charge is -2.25. The number of hydrogen-bond donors (Lipinski definition) is 1.